The first-order valence-corrected chi connectivity index (χ1v) is 4.64. The molecule has 0 fully saturated rings. The molecule has 0 heterocycles. The predicted octanol–water partition coefficient (Wildman–Crippen LogP) is 2.06. The number of esters is 1. The maximum absolute atomic E-state index is 11.1. The van der Waals surface area contributed by atoms with Crippen molar-refractivity contribution < 1.29 is 19.4 Å². The van der Waals surface area contributed by atoms with Gasteiger partial charge >= 0.3 is 5.97 Å². The summed E-state index contributed by atoms with van der Waals surface area (Å²) < 4.78 is 9.41. The van der Waals surface area contributed by atoms with E-state index in [-0.39, 0.29) is 23.6 Å². The summed E-state index contributed by atoms with van der Waals surface area (Å²) in [6.45, 7) is 0. The summed E-state index contributed by atoms with van der Waals surface area (Å²) in [5, 5.41) is 12.9. The Bertz CT molecular complexity index is 481. The van der Waals surface area contributed by atoms with Crippen LogP contribution in [0.1, 0.15) is 5.56 Å². The Morgan fingerprint density at radius 1 is 1.53 bits per heavy atom. The third-order valence-electron chi connectivity index (χ3n) is 2.06. The standard InChI is InChI=1S/C10H11N3O4/c1-16-8-4-6(5-9(14)17-2)3-7(10(8)15)12-13-11/h3-4,15H,5H2,1-2H3. The molecule has 0 spiro atoms. The lowest BCUT2D eigenvalue weighted by atomic mass is 10.1. The molecule has 0 aliphatic rings. The van der Waals surface area contributed by atoms with Crippen molar-refractivity contribution in [1.82, 2.24) is 0 Å². The van der Waals surface area contributed by atoms with E-state index in [9.17, 15) is 9.90 Å². The minimum atomic E-state index is -0.440. The number of phenolic OH excluding ortho intramolecular Hbond substituents is 1. The zero-order chi connectivity index (χ0) is 12.8. The van der Waals surface area contributed by atoms with Gasteiger partial charge in [0.2, 0.25) is 0 Å². The van der Waals surface area contributed by atoms with Crippen LogP contribution < -0.4 is 4.74 Å². The minimum Gasteiger partial charge on any atom is -0.504 e. The second kappa shape index (κ2) is 5.62. The summed E-state index contributed by atoms with van der Waals surface area (Å²) in [4.78, 5) is 13.7. The zero-order valence-corrected chi connectivity index (χ0v) is 9.38. The Morgan fingerprint density at radius 2 is 2.24 bits per heavy atom. The van der Waals surface area contributed by atoms with E-state index in [1.807, 2.05) is 0 Å². The van der Waals surface area contributed by atoms with Crippen LogP contribution in [-0.4, -0.2) is 25.3 Å². The van der Waals surface area contributed by atoms with E-state index in [4.69, 9.17) is 10.3 Å². The van der Waals surface area contributed by atoms with E-state index in [2.05, 4.69) is 14.8 Å². The highest BCUT2D eigenvalue weighted by Crippen LogP contribution is 2.37. The molecule has 0 saturated heterocycles. The van der Waals surface area contributed by atoms with Gasteiger partial charge in [-0.05, 0) is 23.2 Å². The topological polar surface area (TPSA) is 105 Å². The molecule has 1 rings (SSSR count). The average Bonchev–Trinajstić information content (AvgIpc) is 2.33. The second-order valence-corrected chi connectivity index (χ2v) is 3.11. The quantitative estimate of drug-likeness (QED) is 0.374. The number of methoxy groups -OCH3 is 2. The normalized spacial score (nSPS) is 9.29. The van der Waals surface area contributed by atoms with Crippen molar-refractivity contribution in [1.29, 1.82) is 0 Å². The largest absolute Gasteiger partial charge is 0.504 e. The molecule has 0 atom stereocenters. The maximum Gasteiger partial charge on any atom is 0.309 e. The van der Waals surface area contributed by atoms with Gasteiger partial charge in [0, 0.05) is 4.91 Å². The van der Waals surface area contributed by atoms with Gasteiger partial charge in [0.25, 0.3) is 0 Å². The number of carbonyl (C=O) groups is 1. The Hall–Kier alpha value is -2.40. The first-order chi connectivity index (χ1) is 8.12. The van der Waals surface area contributed by atoms with Gasteiger partial charge in [0.1, 0.15) is 0 Å². The van der Waals surface area contributed by atoms with E-state index in [0.29, 0.717) is 5.56 Å². The number of phenols is 1. The number of ether oxygens (including phenoxy) is 2. The van der Waals surface area contributed by atoms with Crippen LogP contribution in [-0.2, 0) is 16.0 Å². The highest BCUT2D eigenvalue weighted by molar-refractivity contribution is 5.74. The minimum absolute atomic E-state index is 0.00108. The van der Waals surface area contributed by atoms with E-state index in [1.54, 1.807) is 0 Å². The van der Waals surface area contributed by atoms with Crippen molar-refractivity contribution in [3.63, 3.8) is 0 Å². The van der Waals surface area contributed by atoms with Crippen LogP contribution in [0.5, 0.6) is 11.5 Å². The van der Waals surface area contributed by atoms with Crippen LogP contribution in [0.4, 0.5) is 5.69 Å². The Balaban J connectivity index is 3.19. The fourth-order valence-corrected chi connectivity index (χ4v) is 1.27. The average molecular weight is 237 g/mol. The third-order valence-corrected chi connectivity index (χ3v) is 2.06. The molecule has 7 heteroatoms. The molecule has 0 radical (unpaired) electrons. The Labute approximate surface area is 97.2 Å². The van der Waals surface area contributed by atoms with Gasteiger partial charge < -0.3 is 14.6 Å². The first kappa shape index (κ1) is 12.7. The number of hydrogen-bond acceptors (Lipinski definition) is 5. The van der Waals surface area contributed by atoms with Gasteiger partial charge in [-0.25, -0.2) is 0 Å². The summed E-state index contributed by atoms with van der Waals surface area (Å²) in [6, 6.07) is 2.87. The smallest absolute Gasteiger partial charge is 0.309 e. The van der Waals surface area contributed by atoms with Gasteiger partial charge in [-0.2, -0.15) is 0 Å². The monoisotopic (exact) mass is 237 g/mol. The van der Waals surface area contributed by atoms with E-state index < -0.39 is 5.97 Å². The molecule has 7 nitrogen and oxygen atoms in total. The molecule has 0 saturated carbocycles. The molecule has 0 bridgehead atoms. The van der Waals surface area contributed by atoms with Crippen molar-refractivity contribution >= 4 is 11.7 Å². The van der Waals surface area contributed by atoms with Gasteiger partial charge in [-0.15, -0.1) is 0 Å². The van der Waals surface area contributed by atoms with Crippen molar-refractivity contribution in [2.45, 2.75) is 6.42 Å². The summed E-state index contributed by atoms with van der Waals surface area (Å²) in [5.74, 6) is -0.572. The van der Waals surface area contributed by atoms with Gasteiger partial charge in [-0.3, -0.25) is 4.79 Å². The highest BCUT2D eigenvalue weighted by atomic mass is 16.5. The molecule has 0 unspecified atom stereocenters. The number of rotatable bonds is 4. The van der Waals surface area contributed by atoms with Gasteiger partial charge in [0.05, 0.1) is 26.3 Å². The molecular weight excluding hydrogens is 226 g/mol. The lowest BCUT2D eigenvalue weighted by Gasteiger charge is -2.08. The molecule has 0 aliphatic carbocycles. The first-order valence-electron chi connectivity index (χ1n) is 4.64. The Kier molecular flexibility index (Phi) is 4.19. The lowest BCUT2D eigenvalue weighted by molar-refractivity contribution is -0.139. The van der Waals surface area contributed by atoms with E-state index >= 15 is 0 Å². The number of benzene rings is 1. The van der Waals surface area contributed by atoms with Crippen molar-refractivity contribution in [2.75, 3.05) is 14.2 Å². The number of azide groups is 1. The van der Waals surface area contributed by atoms with Crippen LogP contribution in [0, 0.1) is 0 Å². The molecule has 0 aliphatic heterocycles. The SMILES string of the molecule is COC(=O)Cc1cc(N=[N+]=[N-])c(O)c(OC)c1. The number of hydrogen-bond donors (Lipinski definition) is 1. The molecule has 90 valence electrons. The summed E-state index contributed by atoms with van der Waals surface area (Å²) >= 11 is 0. The fraction of sp³-hybridized carbons (Fsp3) is 0.300. The van der Waals surface area contributed by atoms with Crippen LogP contribution >= 0.6 is 0 Å². The molecule has 17 heavy (non-hydrogen) atoms. The molecular formula is C10H11N3O4. The second-order valence-electron chi connectivity index (χ2n) is 3.11. The van der Waals surface area contributed by atoms with Crippen LogP contribution in [0.2, 0.25) is 0 Å². The maximum atomic E-state index is 11.1. The molecule has 1 aromatic carbocycles. The number of carbonyl (C=O) groups excluding carboxylic acids is 1. The van der Waals surface area contributed by atoms with Gasteiger partial charge in [0.15, 0.2) is 11.5 Å². The molecule has 0 aromatic heterocycles. The molecule has 1 aromatic rings. The van der Waals surface area contributed by atoms with Crippen LogP contribution in [0.3, 0.4) is 0 Å². The predicted molar refractivity (Wildman–Crippen MR) is 59.2 cm³/mol. The van der Waals surface area contributed by atoms with E-state index in [0.717, 1.165) is 0 Å². The highest BCUT2D eigenvalue weighted by Gasteiger charge is 2.12. The van der Waals surface area contributed by atoms with Crippen LogP contribution in [0.25, 0.3) is 10.4 Å². The fourth-order valence-electron chi connectivity index (χ4n) is 1.27. The summed E-state index contributed by atoms with van der Waals surface area (Å²) in [7, 11) is 2.63. The Morgan fingerprint density at radius 3 is 2.76 bits per heavy atom. The number of nitrogens with zero attached hydrogens (tertiary/aromatic N) is 3. The van der Waals surface area contributed by atoms with Crippen molar-refractivity contribution in [3.8, 4) is 11.5 Å². The van der Waals surface area contributed by atoms with Crippen molar-refractivity contribution in [2.24, 2.45) is 5.11 Å². The summed E-state index contributed by atoms with van der Waals surface area (Å²) in [5.41, 5.74) is 8.87. The zero-order valence-electron chi connectivity index (χ0n) is 9.38. The summed E-state index contributed by atoms with van der Waals surface area (Å²) in [6.07, 6.45) is 0.00108. The van der Waals surface area contributed by atoms with Crippen molar-refractivity contribution in [3.05, 3.63) is 28.1 Å². The van der Waals surface area contributed by atoms with E-state index in [1.165, 1.54) is 26.4 Å². The van der Waals surface area contributed by atoms with Gasteiger partial charge in [-0.1, -0.05) is 5.11 Å². The molecule has 1 N–H and O–H groups in total. The third kappa shape index (κ3) is 3.02. The lowest BCUT2D eigenvalue weighted by Crippen LogP contribution is -2.04. The number of aromatic hydroxyl groups is 1. The molecule has 0 amide bonds. The van der Waals surface area contributed by atoms with Crippen LogP contribution in [0.15, 0.2) is 17.2 Å².